The van der Waals surface area contributed by atoms with Crippen molar-refractivity contribution in [2.45, 2.75) is 51.0 Å². The van der Waals surface area contributed by atoms with Crippen molar-refractivity contribution >= 4 is 21.8 Å². The fourth-order valence-corrected chi connectivity index (χ4v) is 3.42. The average Bonchev–Trinajstić information content (AvgIpc) is 2.52. The number of aryl methyl sites for hydroxylation is 1. The Hall–Kier alpha value is -0.870. The van der Waals surface area contributed by atoms with Gasteiger partial charge in [-0.25, -0.2) is 0 Å². The number of hydrogen-bond acceptors (Lipinski definition) is 2. The van der Waals surface area contributed by atoms with Crippen LogP contribution in [0.3, 0.4) is 0 Å². The summed E-state index contributed by atoms with van der Waals surface area (Å²) in [6, 6.07) is 7.95. The van der Waals surface area contributed by atoms with Crippen LogP contribution in [-0.4, -0.2) is 23.7 Å². The Morgan fingerprint density at radius 2 is 2.00 bits per heavy atom. The van der Waals surface area contributed by atoms with Crippen LogP contribution in [0.1, 0.15) is 44.1 Å². The minimum Gasteiger partial charge on any atom is -0.391 e. The van der Waals surface area contributed by atoms with Crippen molar-refractivity contribution in [2.24, 2.45) is 5.92 Å². The smallest absolute Gasteiger partial charge is 0.220 e. The number of hydrogen-bond donors (Lipinski definition) is 2. The van der Waals surface area contributed by atoms with Crippen molar-refractivity contribution in [3.63, 3.8) is 0 Å². The molecule has 116 valence electrons. The predicted octanol–water partition coefficient (Wildman–Crippen LogP) is 3.44. The first-order valence-electron chi connectivity index (χ1n) is 7.85. The van der Waals surface area contributed by atoms with E-state index in [0.29, 0.717) is 25.3 Å². The van der Waals surface area contributed by atoms with Crippen molar-refractivity contribution in [3.8, 4) is 0 Å². The molecule has 0 aliphatic heterocycles. The number of carbonyl (C=O) groups is 1. The second-order valence-electron chi connectivity index (χ2n) is 5.86. The van der Waals surface area contributed by atoms with Gasteiger partial charge in [0.05, 0.1) is 6.10 Å². The average molecular weight is 354 g/mol. The summed E-state index contributed by atoms with van der Waals surface area (Å²) < 4.78 is 1.04. The van der Waals surface area contributed by atoms with Gasteiger partial charge in [-0.15, -0.1) is 0 Å². The second kappa shape index (κ2) is 8.54. The molecule has 0 bridgehead atoms. The maximum Gasteiger partial charge on any atom is 0.220 e. The Bertz CT molecular complexity index is 458. The summed E-state index contributed by atoms with van der Waals surface area (Å²) in [5, 5.41) is 13.0. The van der Waals surface area contributed by atoms with Gasteiger partial charge in [-0.3, -0.25) is 4.79 Å². The van der Waals surface area contributed by atoms with E-state index in [0.717, 1.165) is 22.9 Å². The molecular weight excluding hydrogens is 330 g/mol. The molecule has 0 heterocycles. The summed E-state index contributed by atoms with van der Waals surface area (Å²) >= 11 is 3.49. The van der Waals surface area contributed by atoms with Gasteiger partial charge >= 0.3 is 0 Å². The topological polar surface area (TPSA) is 49.3 Å². The Balaban J connectivity index is 1.68. The highest BCUT2D eigenvalue weighted by Crippen LogP contribution is 2.26. The molecule has 0 spiro atoms. The van der Waals surface area contributed by atoms with Crippen LogP contribution in [0.25, 0.3) is 0 Å². The zero-order chi connectivity index (χ0) is 15.1. The molecule has 1 aliphatic rings. The number of rotatable bonds is 6. The van der Waals surface area contributed by atoms with E-state index < -0.39 is 6.10 Å². The molecule has 3 nitrogen and oxygen atoms in total. The molecule has 2 N–H and O–H groups in total. The van der Waals surface area contributed by atoms with Gasteiger partial charge in [0.25, 0.3) is 0 Å². The Labute approximate surface area is 135 Å². The highest BCUT2D eigenvalue weighted by molar-refractivity contribution is 9.10. The van der Waals surface area contributed by atoms with Crippen LogP contribution in [0.5, 0.6) is 0 Å². The highest BCUT2D eigenvalue weighted by atomic mass is 79.9. The van der Waals surface area contributed by atoms with Crippen LogP contribution in [0.15, 0.2) is 28.7 Å². The fourth-order valence-electron chi connectivity index (χ4n) is 2.94. The van der Waals surface area contributed by atoms with Crippen molar-refractivity contribution < 1.29 is 9.90 Å². The predicted molar refractivity (Wildman–Crippen MR) is 88.1 cm³/mol. The van der Waals surface area contributed by atoms with E-state index in [9.17, 15) is 9.90 Å². The number of benzene rings is 1. The van der Waals surface area contributed by atoms with Crippen LogP contribution in [-0.2, 0) is 11.2 Å². The molecule has 4 heteroatoms. The molecule has 0 unspecified atom stereocenters. The number of aliphatic hydroxyl groups is 1. The third kappa shape index (κ3) is 5.44. The van der Waals surface area contributed by atoms with Crippen LogP contribution in [0, 0.1) is 5.92 Å². The summed E-state index contributed by atoms with van der Waals surface area (Å²) in [4.78, 5) is 11.9. The first-order chi connectivity index (χ1) is 10.2. The van der Waals surface area contributed by atoms with Gasteiger partial charge in [-0.2, -0.15) is 0 Å². The third-order valence-corrected chi connectivity index (χ3v) is 5.06. The Morgan fingerprint density at radius 3 is 2.71 bits per heavy atom. The van der Waals surface area contributed by atoms with Crippen LogP contribution >= 0.6 is 15.9 Å². The van der Waals surface area contributed by atoms with E-state index in [4.69, 9.17) is 0 Å². The molecule has 2 rings (SSSR count). The largest absolute Gasteiger partial charge is 0.391 e. The molecule has 1 aromatic carbocycles. The fraction of sp³-hybridized carbons (Fsp3) is 0.588. The molecule has 1 aromatic rings. The van der Waals surface area contributed by atoms with Crippen molar-refractivity contribution in [1.29, 1.82) is 0 Å². The molecule has 1 atom stereocenters. The number of halogens is 1. The summed E-state index contributed by atoms with van der Waals surface area (Å²) in [6.07, 6.45) is 6.66. The Kier molecular flexibility index (Phi) is 6.71. The van der Waals surface area contributed by atoms with Gasteiger partial charge in [-0.1, -0.05) is 53.4 Å². The zero-order valence-electron chi connectivity index (χ0n) is 12.4. The first-order valence-corrected chi connectivity index (χ1v) is 8.64. The summed E-state index contributed by atoms with van der Waals surface area (Å²) in [5.74, 6) is 0.378. The quantitative estimate of drug-likeness (QED) is 0.822. The number of amides is 1. The molecule has 1 aliphatic carbocycles. The zero-order valence-corrected chi connectivity index (χ0v) is 13.9. The number of aliphatic hydroxyl groups excluding tert-OH is 1. The molecule has 1 fully saturated rings. The van der Waals surface area contributed by atoms with E-state index in [-0.39, 0.29) is 5.91 Å². The van der Waals surface area contributed by atoms with Crippen molar-refractivity contribution in [1.82, 2.24) is 5.32 Å². The van der Waals surface area contributed by atoms with Gasteiger partial charge in [0.15, 0.2) is 0 Å². The second-order valence-corrected chi connectivity index (χ2v) is 6.72. The molecule has 1 saturated carbocycles. The van der Waals surface area contributed by atoms with E-state index in [1.807, 2.05) is 24.3 Å². The number of nitrogens with one attached hydrogen (secondary N) is 1. The van der Waals surface area contributed by atoms with Crippen LogP contribution in [0.4, 0.5) is 0 Å². The molecule has 0 radical (unpaired) electrons. The SMILES string of the molecule is O=C(CCc1ccccc1Br)NC[C@H](O)C1CCCCC1. The standard InChI is InChI=1S/C17H24BrNO2/c18-15-9-5-4-6-13(15)10-11-17(21)19-12-16(20)14-7-2-1-3-8-14/h4-6,9,14,16,20H,1-3,7-8,10-12H2,(H,19,21)/t16-/m0/s1. The van der Waals surface area contributed by atoms with Crippen molar-refractivity contribution in [2.75, 3.05) is 6.54 Å². The Morgan fingerprint density at radius 1 is 1.29 bits per heavy atom. The molecule has 21 heavy (non-hydrogen) atoms. The summed E-state index contributed by atoms with van der Waals surface area (Å²) in [7, 11) is 0. The van der Waals surface area contributed by atoms with E-state index in [1.165, 1.54) is 19.3 Å². The maximum absolute atomic E-state index is 11.9. The van der Waals surface area contributed by atoms with E-state index in [2.05, 4.69) is 21.2 Å². The minimum absolute atomic E-state index is 0.0145. The normalized spacial score (nSPS) is 17.4. The van der Waals surface area contributed by atoms with Crippen molar-refractivity contribution in [3.05, 3.63) is 34.3 Å². The highest BCUT2D eigenvalue weighted by Gasteiger charge is 2.21. The monoisotopic (exact) mass is 353 g/mol. The molecule has 0 aromatic heterocycles. The third-order valence-electron chi connectivity index (χ3n) is 4.28. The van der Waals surface area contributed by atoms with Crippen LogP contribution in [0.2, 0.25) is 0 Å². The van der Waals surface area contributed by atoms with Gasteiger partial charge in [0, 0.05) is 17.4 Å². The molecule has 1 amide bonds. The lowest BCUT2D eigenvalue weighted by molar-refractivity contribution is -0.121. The molecule has 0 saturated heterocycles. The van der Waals surface area contributed by atoms with E-state index in [1.54, 1.807) is 0 Å². The van der Waals surface area contributed by atoms with Gasteiger partial charge in [0.1, 0.15) is 0 Å². The van der Waals surface area contributed by atoms with Crippen LogP contribution < -0.4 is 5.32 Å². The van der Waals surface area contributed by atoms with Gasteiger partial charge in [0.2, 0.25) is 5.91 Å². The van der Waals surface area contributed by atoms with Gasteiger partial charge in [-0.05, 0) is 36.8 Å². The maximum atomic E-state index is 11.9. The lowest BCUT2D eigenvalue weighted by atomic mass is 9.85. The van der Waals surface area contributed by atoms with E-state index >= 15 is 0 Å². The summed E-state index contributed by atoms with van der Waals surface area (Å²) in [6.45, 7) is 0.388. The lowest BCUT2D eigenvalue weighted by Gasteiger charge is -2.26. The minimum atomic E-state index is -0.391. The molecular formula is C17H24BrNO2. The first kappa shape index (κ1) is 16.5. The van der Waals surface area contributed by atoms with Gasteiger partial charge < -0.3 is 10.4 Å². The lowest BCUT2D eigenvalue weighted by Crippen LogP contribution is -2.37. The number of carbonyl (C=O) groups excluding carboxylic acids is 1. The summed E-state index contributed by atoms with van der Waals surface area (Å²) in [5.41, 5.74) is 1.14.